The average Bonchev–Trinajstić information content (AvgIpc) is 3.15. The second kappa shape index (κ2) is 9.25. The Morgan fingerprint density at radius 3 is 2.44 bits per heavy atom. The summed E-state index contributed by atoms with van der Waals surface area (Å²) >= 11 is 1.38. The standard InChI is InChI=1S/C23H28N4O3S2/c1-4-19-25-16(3)20-15(2)21(31-23(20)26-19)22(28)24-14-17-8-10-18(11-9-17)32(29,30)27-12-6-5-7-13-27/h8-11H,4-7,12-14H2,1-3H3,(H,24,28). The number of amides is 1. The molecule has 2 aromatic heterocycles. The number of carbonyl (C=O) groups excluding carboxylic acids is 1. The predicted molar refractivity (Wildman–Crippen MR) is 126 cm³/mol. The Morgan fingerprint density at radius 1 is 1.09 bits per heavy atom. The van der Waals surface area contributed by atoms with E-state index >= 15 is 0 Å². The number of hydrogen-bond donors (Lipinski definition) is 1. The summed E-state index contributed by atoms with van der Waals surface area (Å²) in [6.45, 7) is 7.37. The van der Waals surface area contributed by atoms with Gasteiger partial charge in [0, 0.05) is 37.1 Å². The van der Waals surface area contributed by atoms with Crippen molar-refractivity contribution in [3.63, 3.8) is 0 Å². The van der Waals surface area contributed by atoms with E-state index in [1.807, 2.05) is 20.8 Å². The van der Waals surface area contributed by atoms with Gasteiger partial charge < -0.3 is 5.32 Å². The molecule has 0 saturated carbocycles. The largest absolute Gasteiger partial charge is 0.347 e. The van der Waals surface area contributed by atoms with Gasteiger partial charge in [0.25, 0.3) is 5.91 Å². The number of rotatable bonds is 6. The fourth-order valence-corrected chi connectivity index (χ4v) is 6.75. The SMILES string of the molecule is CCc1nc(C)c2c(C)c(C(=O)NCc3ccc(S(=O)(=O)N4CCCCC4)cc3)sc2n1. The first kappa shape index (κ1) is 22.8. The van der Waals surface area contributed by atoms with E-state index in [1.54, 1.807) is 28.6 Å². The van der Waals surface area contributed by atoms with Crippen molar-refractivity contribution in [2.45, 2.75) is 57.9 Å². The molecule has 0 unspecified atom stereocenters. The molecule has 0 spiro atoms. The number of aromatic nitrogens is 2. The van der Waals surface area contributed by atoms with Crippen molar-refractivity contribution < 1.29 is 13.2 Å². The predicted octanol–water partition coefficient (Wildman–Crippen LogP) is 3.98. The minimum Gasteiger partial charge on any atom is -0.347 e. The molecule has 4 rings (SSSR count). The lowest BCUT2D eigenvalue weighted by Crippen LogP contribution is -2.35. The summed E-state index contributed by atoms with van der Waals surface area (Å²) in [5, 5.41) is 3.90. The second-order valence-electron chi connectivity index (χ2n) is 8.11. The molecule has 1 saturated heterocycles. The van der Waals surface area contributed by atoms with Crippen LogP contribution in [0.25, 0.3) is 10.2 Å². The molecule has 1 aliphatic heterocycles. The lowest BCUT2D eigenvalue weighted by atomic mass is 10.1. The first-order valence-electron chi connectivity index (χ1n) is 10.9. The van der Waals surface area contributed by atoms with Gasteiger partial charge in [0.1, 0.15) is 10.7 Å². The highest BCUT2D eigenvalue weighted by Crippen LogP contribution is 2.31. The summed E-state index contributed by atoms with van der Waals surface area (Å²) in [5.74, 6) is 0.621. The Labute approximate surface area is 192 Å². The summed E-state index contributed by atoms with van der Waals surface area (Å²) in [6, 6.07) is 6.78. The van der Waals surface area contributed by atoms with Gasteiger partial charge in [-0.25, -0.2) is 18.4 Å². The second-order valence-corrected chi connectivity index (χ2v) is 11.0. The van der Waals surface area contributed by atoms with Gasteiger partial charge in [-0.05, 0) is 49.9 Å². The number of fused-ring (bicyclic) bond motifs is 1. The van der Waals surface area contributed by atoms with E-state index in [0.717, 1.165) is 58.5 Å². The van der Waals surface area contributed by atoms with E-state index in [4.69, 9.17) is 0 Å². The van der Waals surface area contributed by atoms with Crippen LogP contribution in [0.15, 0.2) is 29.2 Å². The highest BCUT2D eigenvalue weighted by atomic mass is 32.2. The van der Waals surface area contributed by atoms with E-state index in [1.165, 1.54) is 11.3 Å². The third kappa shape index (κ3) is 4.42. The molecule has 1 fully saturated rings. The molecular formula is C23H28N4O3S2. The number of piperidine rings is 1. The summed E-state index contributed by atoms with van der Waals surface area (Å²) < 4.78 is 27.1. The fourth-order valence-electron chi connectivity index (χ4n) is 4.07. The molecule has 0 bridgehead atoms. The van der Waals surface area contributed by atoms with Crippen LogP contribution in [0, 0.1) is 13.8 Å². The lowest BCUT2D eigenvalue weighted by Gasteiger charge is -2.25. The number of sulfonamides is 1. The van der Waals surface area contributed by atoms with E-state index < -0.39 is 10.0 Å². The highest BCUT2D eigenvalue weighted by molar-refractivity contribution is 7.89. The van der Waals surface area contributed by atoms with Crippen LogP contribution in [0.5, 0.6) is 0 Å². The molecule has 1 aromatic carbocycles. The zero-order chi connectivity index (χ0) is 22.9. The van der Waals surface area contributed by atoms with E-state index in [0.29, 0.717) is 29.4 Å². The maximum absolute atomic E-state index is 12.9. The van der Waals surface area contributed by atoms with Gasteiger partial charge in [-0.15, -0.1) is 11.3 Å². The van der Waals surface area contributed by atoms with Crippen LogP contribution >= 0.6 is 11.3 Å². The summed E-state index contributed by atoms with van der Waals surface area (Å²) in [6.07, 6.45) is 3.64. The minimum atomic E-state index is -3.45. The number of thiophene rings is 1. The molecule has 0 atom stereocenters. The number of nitrogens with one attached hydrogen (secondary N) is 1. The van der Waals surface area contributed by atoms with Crippen molar-refractivity contribution in [3.05, 3.63) is 51.8 Å². The van der Waals surface area contributed by atoms with Crippen LogP contribution in [0.3, 0.4) is 0 Å². The van der Waals surface area contributed by atoms with E-state index in [9.17, 15) is 13.2 Å². The molecule has 1 amide bonds. The Kier molecular flexibility index (Phi) is 6.60. The van der Waals surface area contributed by atoms with Crippen molar-refractivity contribution in [2.75, 3.05) is 13.1 Å². The molecule has 7 nitrogen and oxygen atoms in total. The molecule has 0 radical (unpaired) electrons. The van der Waals surface area contributed by atoms with Crippen molar-refractivity contribution in [1.82, 2.24) is 19.6 Å². The Balaban J connectivity index is 1.46. The number of benzene rings is 1. The fraction of sp³-hybridized carbons (Fsp3) is 0.435. The quantitative estimate of drug-likeness (QED) is 0.586. The number of nitrogens with zero attached hydrogens (tertiary/aromatic N) is 3. The Bertz CT molecular complexity index is 1240. The van der Waals surface area contributed by atoms with Crippen LogP contribution in [0.2, 0.25) is 0 Å². The molecule has 32 heavy (non-hydrogen) atoms. The summed E-state index contributed by atoms with van der Waals surface area (Å²) in [4.78, 5) is 23.7. The van der Waals surface area contributed by atoms with Crippen LogP contribution in [-0.2, 0) is 23.0 Å². The third-order valence-corrected chi connectivity index (χ3v) is 8.97. The smallest absolute Gasteiger partial charge is 0.261 e. The zero-order valence-corrected chi connectivity index (χ0v) is 20.3. The minimum absolute atomic E-state index is 0.159. The van der Waals surface area contributed by atoms with Gasteiger partial charge in [-0.3, -0.25) is 4.79 Å². The molecule has 3 heterocycles. The molecule has 170 valence electrons. The maximum Gasteiger partial charge on any atom is 0.261 e. The van der Waals surface area contributed by atoms with Gasteiger partial charge in [-0.1, -0.05) is 25.5 Å². The molecule has 1 N–H and O–H groups in total. The summed E-state index contributed by atoms with van der Waals surface area (Å²) in [5.41, 5.74) is 2.63. The van der Waals surface area contributed by atoms with Gasteiger partial charge in [0.15, 0.2) is 0 Å². The zero-order valence-electron chi connectivity index (χ0n) is 18.6. The molecular weight excluding hydrogens is 444 g/mol. The first-order valence-corrected chi connectivity index (χ1v) is 13.2. The lowest BCUT2D eigenvalue weighted by molar-refractivity contribution is 0.0954. The van der Waals surface area contributed by atoms with Gasteiger partial charge in [0.2, 0.25) is 10.0 Å². The highest BCUT2D eigenvalue weighted by Gasteiger charge is 2.25. The maximum atomic E-state index is 12.9. The Morgan fingerprint density at radius 2 is 1.78 bits per heavy atom. The normalized spacial score (nSPS) is 15.2. The topological polar surface area (TPSA) is 92.3 Å². The van der Waals surface area contributed by atoms with Crippen molar-refractivity contribution >= 4 is 37.5 Å². The molecule has 0 aliphatic carbocycles. The molecule has 3 aromatic rings. The average molecular weight is 473 g/mol. The monoisotopic (exact) mass is 472 g/mol. The van der Waals surface area contributed by atoms with Crippen LogP contribution in [0.4, 0.5) is 0 Å². The first-order chi connectivity index (χ1) is 15.3. The van der Waals surface area contributed by atoms with Gasteiger partial charge >= 0.3 is 0 Å². The van der Waals surface area contributed by atoms with Crippen LogP contribution < -0.4 is 5.32 Å². The van der Waals surface area contributed by atoms with Crippen LogP contribution in [0.1, 0.15) is 58.5 Å². The Hall–Kier alpha value is -2.36. The van der Waals surface area contributed by atoms with E-state index in [-0.39, 0.29) is 5.91 Å². The molecule has 1 aliphatic rings. The van der Waals surface area contributed by atoms with Crippen LogP contribution in [-0.4, -0.2) is 41.7 Å². The summed E-state index contributed by atoms with van der Waals surface area (Å²) in [7, 11) is -3.45. The number of carbonyl (C=O) groups is 1. The van der Waals surface area contributed by atoms with Crippen molar-refractivity contribution in [3.8, 4) is 0 Å². The van der Waals surface area contributed by atoms with Crippen molar-refractivity contribution in [1.29, 1.82) is 0 Å². The van der Waals surface area contributed by atoms with E-state index in [2.05, 4.69) is 15.3 Å². The molecule has 9 heteroatoms. The van der Waals surface area contributed by atoms with Crippen molar-refractivity contribution in [2.24, 2.45) is 0 Å². The third-order valence-electron chi connectivity index (χ3n) is 5.87. The van der Waals surface area contributed by atoms with Gasteiger partial charge in [-0.2, -0.15) is 4.31 Å². The van der Waals surface area contributed by atoms with Gasteiger partial charge in [0.05, 0.1) is 9.77 Å². The number of hydrogen-bond acceptors (Lipinski definition) is 6. The number of aryl methyl sites for hydroxylation is 3.